The standard InChI is InChI=1S/C10H15ClN2O2S2/c1-16-5-4-13-17(14,15)9-2-3-10(11)8(6-9)7-12/h2-3,6,13H,4-5,7,12H2,1H3. The van der Waals surface area contributed by atoms with Crippen molar-refractivity contribution in [1.82, 2.24) is 4.72 Å². The summed E-state index contributed by atoms with van der Waals surface area (Å²) < 4.78 is 26.3. The van der Waals surface area contributed by atoms with Crippen molar-refractivity contribution in [3.05, 3.63) is 28.8 Å². The van der Waals surface area contributed by atoms with Gasteiger partial charge in [0.05, 0.1) is 4.90 Å². The lowest BCUT2D eigenvalue weighted by Gasteiger charge is -2.08. The molecule has 0 aliphatic heterocycles. The summed E-state index contributed by atoms with van der Waals surface area (Å²) in [4.78, 5) is 0.198. The fourth-order valence-corrected chi connectivity index (χ4v) is 2.95. The van der Waals surface area contributed by atoms with Gasteiger partial charge in [-0.25, -0.2) is 13.1 Å². The van der Waals surface area contributed by atoms with Crippen molar-refractivity contribution in [2.45, 2.75) is 11.4 Å². The van der Waals surface area contributed by atoms with E-state index < -0.39 is 10.0 Å². The molecular formula is C10H15ClN2O2S2. The molecule has 0 aromatic heterocycles. The first-order valence-electron chi connectivity index (χ1n) is 4.98. The van der Waals surface area contributed by atoms with Crippen LogP contribution in [0.2, 0.25) is 5.02 Å². The molecule has 3 N–H and O–H groups in total. The zero-order chi connectivity index (χ0) is 12.9. The Kier molecular flexibility index (Phi) is 5.75. The largest absolute Gasteiger partial charge is 0.326 e. The lowest BCUT2D eigenvalue weighted by molar-refractivity contribution is 0.584. The Morgan fingerprint density at radius 3 is 2.76 bits per heavy atom. The van der Waals surface area contributed by atoms with Crippen LogP contribution in [0.4, 0.5) is 0 Å². The summed E-state index contributed by atoms with van der Waals surface area (Å²) >= 11 is 7.45. The van der Waals surface area contributed by atoms with E-state index in [9.17, 15) is 8.42 Å². The van der Waals surface area contributed by atoms with Gasteiger partial charge in [-0.3, -0.25) is 0 Å². The Balaban J connectivity index is 2.91. The molecule has 0 heterocycles. The summed E-state index contributed by atoms with van der Waals surface area (Å²) in [5.41, 5.74) is 6.11. The van der Waals surface area contributed by atoms with E-state index in [-0.39, 0.29) is 11.4 Å². The maximum atomic E-state index is 11.9. The third kappa shape index (κ3) is 4.15. The quantitative estimate of drug-likeness (QED) is 0.779. The summed E-state index contributed by atoms with van der Waals surface area (Å²) in [5, 5.41) is 0.482. The second-order valence-corrected chi connectivity index (χ2v) is 6.51. The molecule has 4 nitrogen and oxygen atoms in total. The molecule has 7 heteroatoms. The lowest BCUT2D eigenvalue weighted by Crippen LogP contribution is -2.26. The molecule has 0 atom stereocenters. The van der Waals surface area contributed by atoms with E-state index in [1.54, 1.807) is 17.8 Å². The van der Waals surface area contributed by atoms with E-state index in [1.165, 1.54) is 12.1 Å². The summed E-state index contributed by atoms with van der Waals surface area (Å²) in [6, 6.07) is 4.53. The van der Waals surface area contributed by atoms with Crippen molar-refractivity contribution in [2.24, 2.45) is 5.73 Å². The molecule has 0 fully saturated rings. The van der Waals surface area contributed by atoms with Crippen LogP contribution in [-0.4, -0.2) is 27.0 Å². The van der Waals surface area contributed by atoms with Gasteiger partial charge >= 0.3 is 0 Å². The van der Waals surface area contributed by atoms with Gasteiger partial charge in [-0.2, -0.15) is 11.8 Å². The fourth-order valence-electron chi connectivity index (χ4n) is 1.24. The van der Waals surface area contributed by atoms with Crippen LogP contribution in [0, 0.1) is 0 Å². The molecule has 0 radical (unpaired) electrons. The molecule has 0 aliphatic rings. The molecule has 0 amide bonds. The number of nitrogens with one attached hydrogen (secondary N) is 1. The highest BCUT2D eigenvalue weighted by Crippen LogP contribution is 2.19. The van der Waals surface area contributed by atoms with Crippen molar-refractivity contribution in [1.29, 1.82) is 0 Å². The Labute approximate surface area is 111 Å². The van der Waals surface area contributed by atoms with E-state index >= 15 is 0 Å². The topological polar surface area (TPSA) is 72.2 Å². The first-order chi connectivity index (χ1) is 8.01. The average Bonchev–Trinajstić information content (AvgIpc) is 2.29. The number of hydrogen-bond donors (Lipinski definition) is 2. The molecule has 96 valence electrons. The molecule has 1 rings (SSSR count). The number of thioether (sulfide) groups is 1. The van der Waals surface area contributed by atoms with Crippen molar-refractivity contribution in [3.8, 4) is 0 Å². The van der Waals surface area contributed by atoms with Gasteiger partial charge in [0, 0.05) is 23.9 Å². The summed E-state index contributed by atoms with van der Waals surface area (Å²) in [6.45, 7) is 0.622. The summed E-state index contributed by atoms with van der Waals surface area (Å²) in [5.74, 6) is 0.733. The van der Waals surface area contributed by atoms with Gasteiger partial charge in [-0.15, -0.1) is 0 Å². The van der Waals surface area contributed by atoms with Crippen LogP contribution in [0.3, 0.4) is 0 Å². The number of rotatable bonds is 6. The van der Waals surface area contributed by atoms with Crippen LogP contribution in [0.15, 0.2) is 23.1 Å². The molecule has 0 saturated heterocycles. The minimum absolute atomic E-state index is 0.198. The van der Waals surface area contributed by atoms with E-state index in [0.717, 1.165) is 5.75 Å². The zero-order valence-electron chi connectivity index (χ0n) is 9.44. The van der Waals surface area contributed by atoms with Crippen molar-refractivity contribution in [2.75, 3.05) is 18.6 Å². The highest BCUT2D eigenvalue weighted by molar-refractivity contribution is 7.98. The van der Waals surface area contributed by atoms with Crippen molar-refractivity contribution in [3.63, 3.8) is 0 Å². The van der Waals surface area contributed by atoms with Crippen LogP contribution in [0.5, 0.6) is 0 Å². The second kappa shape index (κ2) is 6.61. The van der Waals surface area contributed by atoms with Crippen LogP contribution < -0.4 is 10.5 Å². The predicted octanol–water partition coefficient (Wildman–Crippen LogP) is 1.44. The van der Waals surface area contributed by atoms with Gasteiger partial charge in [-0.05, 0) is 30.0 Å². The smallest absolute Gasteiger partial charge is 0.240 e. The van der Waals surface area contributed by atoms with Gasteiger partial charge in [0.2, 0.25) is 10.0 Å². The number of nitrogens with two attached hydrogens (primary N) is 1. The number of halogens is 1. The van der Waals surface area contributed by atoms with Crippen LogP contribution >= 0.6 is 23.4 Å². The molecule has 0 spiro atoms. The number of hydrogen-bond acceptors (Lipinski definition) is 4. The van der Waals surface area contributed by atoms with Crippen LogP contribution in [-0.2, 0) is 16.6 Å². The van der Waals surface area contributed by atoms with Crippen molar-refractivity contribution < 1.29 is 8.42 Å². The van der Waals surface area contributed by atoms with Crippen LogP contribution in [0.1, 0.15) is 5.56 Å². The average molecular weight is 295 g/mol. The monoisotopic (exact) mass is 294 g/mol. The Morgan fingerprint density at radius 2 is 2.18 bits per heavy atom. The molecular weight excluding hydrogens is 280 g/mol. The van der Waals surface area contributed by atoms with E-state index in [2.05, 4.69) is 4.72 Å². The fraction of sp³-hybridized carbons (Fsp3) is 0.400. The van der Waals surface area contributed by atoms with Crippen molar-refractivity contribution >= 4 is 33.4 Å². The molecule has 0 aliphatic carbocycles. The summed E-state index contributed by atoms with van der Waals surface area (Å²) in [7, 11) is -3.46. The number of benzene rings is 1. The maximum absolute atomic E-state index is 11.9. The third-order valence-electron chi connectivity index (χ3n) is 2.15. The Morgan fingerprint density at radius 1 is 1.47 bits per heavy atom. The first kappa shape index (κ1) is 14.8. The van der Waals surface area contributed by atoms with Gasteiger partial charge in [0.1, 0.15) is 0 Å². The minimum atomic E-state index is -3.46. The van der Waals surface area contributed by atoms with E-state index in [1.807, 2.05) is 6.26 Å². The van der Waals surface area contributed by atoms with Gasteiger partial charge in [0.15, 0.2) is 0 Å². The summed E-state index contributed by atoms with van der Waals surface area (Å²) in [6.07, 6.45) is 1.92. The molecule has 0 unspecified atom stereocenters. The SMILES string of the molecule is CSCCNS(=O)(=O)c1ccc(Cl)c(CN)c1. The Hall–Kier alpha value is -0.270. The normalized spacial score (nSPS) is 11.7. The van der Waals surface area contributed by atoms with E-state index in [0.29, 0.717) is 17.1 Å². The van der Waals surface area contributed by atoms with Gasteiger partial charge in [0.25, 0.3) is 0 Å². The zero-order valence-corrected chi connectivity index (χ0v) is 11.8. The molecule has 1 aromatic rings. The Bertz CT molecular complexity index is 477. The molecule has 0 saturated carbocycles. The first-order valence-corrected chi connectivity index (χ1v) is 8.24. The predicted molar refractivity (Wildman–Crippen MR) is 72.9 cm³/mol. The lowest BCUT2D eigenvalue weighted by atomic mass is 10.2. The van der Waals surface area contributed by atoms with Gasteiger partial charge < -0.3 is 5.73 Å². The second-order valence-electron chi connectivity index (χ2n) is 3.35. The molecule has 1 aromatic carbocycles. The molecule has 17 heavy (non-hydrogen) atoms. The van der Waals surface area contributed by atoms with Gasteiger partial charge in [-0.1, -0.05) is 11.6 Å². The minimum Gasteiger partial charge on any atom is -0.326 e. The number of sulfonamides is 1. The third-order valence-corrected chi connectivity index (χ3v) is 4.59. The highest BCUT2D eigenvalue weighted by Gasteiger charge is 2.14. The van der Waals surface area contributed by atoms with E-state index in [4.69, 9.17) is 17.3 Å². The molecule has 0 bridgehead atoms. The maximum Gasteiger partial charge on any atom is 0.240 e. The highest BCUT2D eigenvalue weighted by atomic mass is 35.5. The van der Waals surface area contributed by atoms with Crippen LogP contribution in [0.25, 0.3) is 0 Å².